The minimum atomic E-state index is -4.34. The second-order valence-electron chi connectivity index (χ2n) is 5.66. The molecule has 1 N–H and O–H groups in total. The molecule has 0 saturated heterocycles. The molecule has 2 rings (SSSR count). The summed E-state index contributed by atoms with van der Waals surface area (Å²) >= 11 is 0. The molecule has 1 fully saturated rings. The van der Waals surface area contributed by atoms with E-state index in [2.05, 4.69) is 10.1 Å². The zero-order valence-corrected chi connectivity index (χ0v) is 12.5. The molecule has 122 valence electrons. The SMILES string of the molecule is COC(=O)CC(NCc1cccc(C(F)(F)F)c1)C1CCC1. The third-order valence-electron chi connectivity index (χ3n) is 4.16. The van der Waals surface area contributed by atoms with Crippen molar-refractivity contribution < 1.29 is 22.7 Å². The largest absolute Gasteiger partial charge is 0.469 e. The Kier molecular flexibility index (Phi) is 5.45. The van der Waals surface area contributed by atoms with Gasteiger partial charge in [0, 0.05) is 12.6 Å². The molecule has 1 aliphatic rings. The van der Waals surface area contributed by atoms with Gasteiger partial charge in [-0.25, -0.2) is 0 Å². The number of hydrogen-bond donors (Lipinski definition) is 1. The van der Waals surface area contributed by atoms with E-state index in [0.29, 0.717) is 18.0 Å². The molecular weight excluding hydrogens is 295 g/mol. The third kappa shape index (κ3) is 4.47. The first-order valence-electron chi connectivity index (χ1n) is 7.36. The van der Waals surface area contributed by atoms with Gasteiger partial charge in [-0.1, -0.05) is 24.6 Å². The van der Waals surface area contributed by atoms with Gasteiger partial charge in [0.1, 0.15) is 0 Å². The zero-order valence-electron chi connectivity index (χ0n) is 12.5. The summed E-state index contributed by atoms with van der Waals surface area (Å²) in [5.41, 5.74) is -0.0935. The lowest BCUT2D eigenvalue weighted by molar-refractivity contribution is -0.141. The van der Waals surface area contributed by atoms with Gasteiger partial charge in [0.05, 0.1) is 19.1 Å². The number of methoxy groups -OCH3 is 1. The van der Waals surface area contributed by atoms with Crippen LogP contribution < -0.4 is 5.32 Å². The molecule has 6 heteroatoms. The molecule has 22 heavy (non-hydrogen) atoms. The minimum absolute atomic E-state index is 0.0456. The van der Waals surface area contributed by atoms with E-state index in [1.165, 1.54) is 13.2 Å². The second-order valence-corrected chi connectivity index (χ2v) is 5.66. The number of rotatable bonds is 6. The zero-order chi connectivity index (χ0) is 16.2. The molecule has 0 heterocycles. The molecule has 0 aromatic heterocycles. The average molecular weight is 315 g/mol. The first kappa shape index (κ1) is 16.8. The number of carbonyl (C=O) groups excluding carboxylic acids is 1. The molecule has 0 radical (unpaired) electrons. The van der Waals surface area contributed by atoms with Crippen LogP contribution in [0.4, 0.5) is 13.2 Å². The molecule has 1 aromatic rings. The second kappa shape index (κ2) is 7.13. The highest BCUT2D eigenvalue weighted by Gasteiger charge is 2.31. The maximum Gasteiger partial charge on any atom is 0.416 e. The van der Waals surface area contributed by atoms with Crippen molar-refractivity contribution >= 4 is 5.97 Å². The van der Waals surface area contributed by atoms with Gasteiger partial charge in [-0.2, -0.15) is 13.2 Å². The number of benzene rings is 1. The fourth-order valence-electron chi connectivity index (χ4n) is 2.62. The van der Waals surface area contributed by atoms with Crippen molar-refractivity contribution in [1.82, 2.24) is 5.32 Å². The Labute approximate surface area is 127 Å². The standard InChI is InChI=1S/C16H20F3NO2/c1-22-15(21)9-14(12-5-3-6-12)20-10-11-4-2-7-13(8-11)16(17,18)19/h2,4,7-8,12,14,20H,3,5-6,9-10H2,1H3. The van der Waals surface area contributed by atoms with Crippen LogP contribution in [0.3, 0.4) is 0 Å². The van der Waals surface area contributed by atoms with E-state index in [9.17, 15) is 18.0 Å². The van der Waals surface area contributed by atoms with Crippen molar-refractivity contribution in [2.45, 2.75) is 44.4 Å². The predicted octanol–water partition coefficient (Wildman–Crippen LogP) is 3.53. The topological polar surface area (TPSA) is 38.3 Å². The Hall–Kier alpha value is -1.56. The van der Waals surface area contributed by atoms with Crippen molar-refractivity contribution in [3.8, 4) is 0 Å². The summed E-state index contributed by atoms with van der Waals surface area (Å²) < 4.78 is 42.8. The molecule has 0 aliphatic heterocycles. The molecule has 1 unspecified atom stereocenters. The van der Waals surface area contributed by atoms with Crippen LogP contribution in [0, 0.1) is 5.92 Å². The van der Waals surface area contributed by atoms with Crippen LogP contribution in [-0.2, 0) is 22.3 Å². The highest BCUT2D eigenvalue weighted by molar-refractivity contribution is 5.70. The van der Waals surface area contributed by atoms with Crippen LogP contribution in [0.15, 0.2) is 24.3 Å². The van der Waals surface area contributed by atoms with Crippen LogP contribution >= 0.6 is 0 Å². The summed E-state index contributed by atoms with van der Waals surface area (Å²) in [6, 6.07) is 5.21. The maximum absolute atomic E-state index is 12.7. The van der Waals surface area contributed by atoms with E-state index >= 15 is 0 Å². The van der Waals surface area contributed by atoms with E-state index in [4.69, 9.17) is 0 Å². The quantitative estimate of drug-likeness (QED) is 0.816. The van der Waals surface area contributed by atoms with Gasteiger partial charge >= 0.3 is 12.1 Å². The number of carbonyl (C=O) groups is 1. The molecular formula is C16H20F3NO2. The predicted molar refractivity (Wildman–Crippen MR) is 76.0 cm³/mol. The third-order valence-corrected chi connectivity index (χ3v) is 4.16. The summed E-state index contributed by atoms with van der Waals surface area (Å²) in [5, 5.41) is 3.21. The molecule has 1 aliphatic carbocycles. The highest BCUT2D eigenvalue weighted by atomic mass is 19.4. The van der Waals surface area contributed by atoms with Crippen molar-refractivity contribution in [1.29, 1.82) is 0 Å². The van der Waals surface area contributed by atoms with E-state index in [1.54, 1.807) is 6.07 Å². The summed E-state index contributed by atoms with van der Waals surface area (Å²) in [4.78, 5) is 11.5. The highest BCUT2D eigenvalue weighted by Crippen LogP contribution is 2.32. The van der Waals surface area contributed by atoms with Gasteiger partial charge in [-0.15, -0.1) is 0 Å². The lowest BCUT2D eigenvalue weighted by Gasteiger charge is -2.34. The van der Waals surface area contributed by atoms with Crippen LogP contribution in [0.2, 0.25) is 0 Å². The molecule has 1 aromatic carbocycles. The summed E-state index contributed by atoms with van der Waals surface area (Å²) in [6.07, 6.45) is -0.877. The van der Waals surface area contributed by atoms with Crippen molar-refractivity contribution in [2.24, 2.45) is 5.92 Å². The monoisotopic (exact) mass is 315 g/mol. The van der Waals surface area contributed by atoms with Gasteiger partial charge in [-0.05, 0) is 30.4 Å². The fourth-order valence-corrected chi connectivity index (χ4v) is 2.62. The Morgan fingerprint density at radius 2 is 2.14 bits per heavy atom. The molecule has 3 nitrogen and oxygen atoms in total. The lowest BCUT2D eigenvalue weighted by Crippen LogP contribution is -2.41. The summed E-state index contributed by atoms with van der Waals surface area (Å²) in [7, 11) is 1.34. The lowest BCUT2D eigenvalue weighted by atomic mass is 9.78. The number of nitrogens with one attached hydrogen (secondary N) is 1. The van der Waals surface area contributed by atoms with Crippen molar-refractivity contribution in [3.63, 3.8) is 0 Å². The maximum atomic E-state index is 12.7. The van der Waals surface area contributed by atoms with E-state index in [1.807, 2.05) is 0 Å². The average Bonchev–Trinajstić information content (AvgIpc) is 2.42. The number of alkyl halides is 3. The van der Waals surface area contributed by atoms with Crippen LogP contribution in [0.5, 0.6) is 0 Å². The molecule has 0 bridgehead atoms. The van der Waals surface area contributed by atoms with E-state index in [0.717, 1.165) is 31.4 Å². The normalized spacial score (nSPS) is 16.9. The van der Waals surface area contributed by atoms with Gasteiger partial charge in [-0.3, -0.25) is 4.79 Å². The van der Waals surface area contributed by atoms with Gasteiger partial charge in [0.15, 0.2) is 0 Å². The van der Waals surface area contributed by atoms with Crippen molar-refractivity contribution in [2.75, 3.05) is 7.11 Å². The Bertz CT molecular complexity index is 512. The first-order chi connectivity index (χ1) is 10.4. The molecule has 0 amide bonds. The van der Waals surface area contributed by atoms with Crippen LogP contribution in [0.1, 0.15) is 36.8 Å². The van der Waals surface area contributed by atoms with E-state index < -0.39 is 11.7 Å². The number of esters is 1. The Morgan fingerprint density at radius 1 is 1.41 bits per heavy atom. The molecule has 0 spiro atoms. The van der Waals surface area contributed by atoms with Gasteiger partial charge in [0.25, 0.3) is 0 Å². The molecule has 1 saturated carbocycles. The van der Waals surface area contributed by atoms with Gasteiger partial charge < -0.3 is 10.1 Å². The summed E-state index contributed by atoms with van der Waals surface area (Å²) in [6.45, 7) is 0.308. The fraction of sp³-hybridized carbons (Fsp3) is 0.562. The smallest absolute Gasteiger partial charge is 0.416 e. The molecule has 1 atom stereocenters. The summed E-state index contributed by atoms with van der Waals surface area (Å²) in [5.74, 6) is 0.0957. The number of halogens is 3. The van der Waals surface area contributed by atoms with Crippen LogP contribution in [0.25, 0.3) is 0 Å². The first-order valence-corrected chi connectivity index (χ1v) is 7.36. The minimum Gasteiger partial charge on any atom is -0.469 e. The number of hydrogen-bond acceptors (Lipinski definition) is 3. The van der Waals surface area contributed by atoms with Crippen LogP contribution in [-0.4, -0.2) is 19.1 Å². The van der Waals surface area contributed by atoms with E-state index in [-0.39, 0.29) is 18.4 Å². The van der Waals surface area contributed by atoms with Gasteiger partial charge in [0.2, 0.25) is 0 Å². The Morgan fingerprint density at radius 3 is 2.68 bits per heavy atom. The van der Waals surface area contributed by atoms with Crippen molar-refractivity contribution in [3.05, 3.63) is 35.4 Å². The number of ether oxygens (including phenoxy) is 1. The Balaban J connectivity index is 1.98.